The highest BCUT2D eigenvalue weighted by atomic mass is 16.8. The van der Waals surface area contributed by atoms with E-state index in [9.17, 15) is 4.79 Å². The SMILES string of the molecule is CCCCCCCCCCCC(=O)OC1OC1C. The van der Waals surface area contributed by atoms with E-state index >= 15 is 0 Å². The van der Waals surface area contributed by atoms with E-state index in [0.29, 0.717) is 6.42 Å². The molecule has 0 aromatic rings. The number of ether oxygens (including phenoxy) is 2. The van der Waals surface area contributed by atoms with E-state index in [2.05, 4.69) is 6.92 Å². The predicted molar refractivity (Wildman–Crippen MR) is 72.3 cm³/mol. The zero-order valence-corrected chi connectivity index (χ0v) is 12.0. The second-order valence-corrected chi connectivity index (χ2v) is 5.28. The molecule has 0 spiro atoms. The summed E-state index contributed by atoms with van der Waals surface area (Å²) in [5.41, 5.74) is 0. The van der Waals surface area contributed by atoms with Crippen molar-refractivity contribution in [2.24, 2.45) is 0 Å². The minimum Gasteiger partial charge on any atom is -0.433 e. The van der Waals surface area contributed by atoms with Crippen LogP contribution in [0.3, 0.4) is 0 Å². The fraction of sp³-hybridized carbons (Fsp3) is 0.933. The molecule has 0 bridgehead atoms. The lowest BCUT2D eigenvalue weighted by atomic mass is 10.1. The molecule has 0 aromatic heterocycles. The van der Waals surface area contributed by atoms with E-state index < -0.39 is 0 Å². The third-order valence-corrected chi connectivity index (χ3v) is 3.39. The van der Waals surface area contributed by atoms with Crippen molar-refractivity contribution < 1.29 is 14.3 Å². The Labute approximate surface area is 111 Å². The van der Waals surface area contributed by atoms with Gasteiger partial charge in [0.15, 0.2) is 0 Å². The molecule has 106 valence electrons. The second-order valence-electron chi connectivity index (χ2n) is 5.28. The smallest absolute Gasteiger partial charge is 0.308 e. The zero-order valence-electron chi connectivity index (χ0n) is 12.0. The van der Waals surface area contributed by atoms with E-state index in [1.807, 2.05) is 6.92 Å². The number of hydrogen-bond acceptors (Lipinski definition) is 3. The highest BCUT2D eigenvalue weighted by Gasteiger charge is 2.37. The van der Waals surface area contributed by atoms with Gasteiger partial charge in [0.25, 0.3) is 0 Å². The summed E-state index contributed by atoms with van der Waals surface area (Å²) >= 11 is 0. The van der Waals surface area contributed by atoms with Gasteiger partial charge in [-0.3, -0.25) is 4.79 Å². The minimum atomic E-state index is -0.254. The zero-order chi connectivity index (χ0) is 13.2. The van der Waals surface area contributed by atoms with Crippen LogP contribution in [0.15, 0.2) is 0 Å². The van der Waals surface area contributed by atoms with Crippen molar-refractivity contribution in [1.82, 2.24) is 0 Å². The molecule has 0 amide bonds. The third kappa shape index (κ3) is 7.70. The molecule has 1 heterocycles. The minimum absolute atomic E-state index is 0.104. The largest absolute Gasteiger partial charge is 0.433 e. The van der Waals surface area contributed by atoms with E-state index in [1.165, 1.54) is 44.9 Å². The molecule has 2 unspecified atom stereocenters. The number of epoxide rings is 1. The van der Waals surface area contributed by atoms with Gasteiger partial charge in [-0.2, -0.15) is 0 Å². The summed E-state index contributed by atoms with van der Waals surface area (Å²) in [7, 11) is 0. The molecule has 2 atom stereocenters. The first kappa shape index (κ1) is 15.5. The topological polar surface area (TPSA) is 38.8 Å². The molecular formula is C15H28O3. The summed E-state index contributed by atoms with van der Waals surface area (Å²) in [6.07, 6.45) is 11.8. The molecule has 18 heavy (non-hydrogen) atoms. The monoisotopic (exact) mass is 256 g/mol. The number of carbonyl (C=O) groups is 1. The molecule has 1 fully saturated rings. The Bertz CT molecular complexity index is 228. The number of carbonyl (C=O) groups excluding carboxylic acids is 1. The first-order valence-electron chi connectivity index (χ1n) is 7.59. The Kier molecular flexibility index (Phi) is 8.06. The fourth-order valence-electron chi connectivity index (χ4n) is 2.06. The van der Waals surface area contributed by atoms with Crippen molar-refractivity contribution in [3.05, 3.63) is 0 Å². The summed E-state index contributed by atoms with van der Waals surface area (Å²) in [5.74, 6) is -0.104. The van der Waals surface area contributed by atoms with Gasteiger partial charge in [0, 0.05) is 6.42 Å². The Morgan fingerprint density at radius 2 is 1.50 bits per heavy atom. The molecule has 0 aromatic carbocycles. The van der Waals surface area contributed by atoms with Crippen LogP contribution in [0.4, 0.5) is 0 Å². The average molecular weight is 256 g/mol. The highest BCUT2D eigenvalue weighted by Crippen LogP contribution is 2.22. The van der Waals surface area contributed by atoms with Crippen LogP contribution in [0.1, 0.15) is 78.1 Å². The molecule has 3 nitrogen and oxygen atoms in total. The quantitative estimate of drug-likeness (QED) is 0.316. The van der Waals surface area contributed by atoms with Gasteiger partial charge in [-0.15, -0.1) is 0 Å². The molecule has 0 radical (unpaired) electrons. The van der Waals surface area contributed by atoms with Crippen LogP contribution in [0.2, 0.25) is 0 Å². The molecule has 1 aliphatic heterocycles. The van der Waals surface area contributed by atoms with Crippen LogP contribution in [0.5, 0.6) is 0 Å². The van der Waals surface area contributed by atoms with E-state index in [4.69, 9.17) is 9.47 Å². The van der Waals surface area contributed by atoms with Crippen LogP contribution in [0.25, 0.3) is 0 Å². The molecular weight excluding hydrogens is 228 g/mol. The molecule has 0 aliphatic carbocycles. The predicted octanol–water partition coefficient (Wildman–Crippen LogP) is 4.20. The van der Waals surface area contributed by atoms with E-state index in [1.54, 1.807) is 0 Å². The molecule has 0 N–H and O–H groups in total. The van der Waals surface area contributed by atoms with E-state index in [-0.39, 0.29) is 18.4 Å². The van der Waals surface area contributed by atoms with Crippen molar-refractivity contribution in [2.45, 2.75) is 90.4 Å². The molecule has 3 heteroatoms. The van der Waals surface area contributed by atoms with Crippen LogP contribution >= 0.6 is 0 Å². The van der Waals surface area contributed by atoms with Crippen molar-refractivity contribution in [1.29, 1.82) is 0 Å². The van der Waals surface area contributed by atoms with E-state index in [0.717, 1.165) is 12.8 Å². The maximum atomic E-state index is 11.3. The van der Waals surface area contributed by atoms with Crippen molar-refractivity contribution in [3.8, 4) is 0 Å². The van der Waals surface area contributed by atoms with Gasteiger partial charge in [0.05, 0.1) is 0 Å². The maximum absolute atomic E-state index is 11.3. The number of rotatable bonds is 11. The van der Waals surface area contributed by atoms with Crippen LogP contribution < -0.4 is 0 Å². The average Bonchev–Trinajstić information content (AvgIpc) is 3.02. The lowest BCUT2D eigenvalue weighted by Gasteiger charge is -2.02. The maximum Gasteiger partial charge on any atom is 0.308 e. The second kappa shape index (κ2) is 9.37. The molecule has 1 saturated heterocycles. The summed E-state index contributed by atoms with van der Waals surface area (Å²) in [4.78, 5) is 11.3. The molecule has 1 aliphatic rings. The number of hydrogen-bond donors (Lipinski definition) is 0. The van der Waals surface area contributed by atoms with Gasteiger partial charge in [-0.25, -0.2) is 0 Å². The normalized spacial score (nSPS) is 21.9. The Morgan fingerprint density at radius 3 is 2.00 bits per heavy atom. The molecule has 0 saturated carbocycles. The Morgan fingerprint density at radius 1 is 1.00 bits per heavy atom. The molecule has 1 rings (SSSR count). The van der Waals surface area contributed by atoms with Gasteiger partial charge >= 0.3 is 5.97 Å². The Balaban J connectivity index is 1.76. The summed E-state index contributed by atoms with van der Waals surface area (Å²) in [6, 6.07) is 0. The van der Waals surface area contributed by atoms with Crippen molar-refractivity contribution in [2.75, 3.05) is 0 Å². The van der Waals surface area contributed by atoms with Gasteiger partial charge < -0.3 is 9.47 Å². The third-order valence-electron chi connectivity index (χ3n) is 3.39. The van der Waals surface area contributed by atoms with Crippen LogP contribution in [-0.2, 0) is 14.3 Å². The van der Waals surface area contributed by atoms with Crippen LogP contribution in [0, 0.1) is 0 Å². The first-order chi connectivity index (χ1) is 8.74. The van der Waals surface area contributed by atoms with Gasteiger partial charge in [0.1, 0.15) is 6.10 Å². The summed E-state index contributed by atoms with van der Waals surface area (Å²) in [6.45, 7) is 4.16. The highest BCUT2D eigenvalue weighted by molar-refractivity contribution is 5.69. The van der Waals surface area contributed by atoms with Gasteiger partial charge in [0.2, 0.25) is 6.29 Å². The lowest BCUT2D eigenvalue weighted by Crippen LogP contribution is -2.08. The lowest BCUT2D eigenvalue weighted by molar-refractivity contribution is -0.148. The van der Waals surface area contributed by atoms with Crippen LogP contribution in [-0.4, -0.2) is 18.4 Å². The number of unbranched alkanes of at least 4 members (excludes halogenated alkanes) is 8. The van der Waals surface area contributed by atoms with Crippen molar-refractivity contribution in [3.63, 3.8) is 0 Å². The summed E-state index contributed by atoms with van der Waals surface area (Å²) in [5, 5.41) is 0. The van der Waals surface area contributed by atoms with Gasteiger partial charge in [-0.05, 0) is 13.3 Å². The first-order valence-corrected chi connectivity index (χ1v) is 7.59. The van der Waals surface area contributed by atoms with Gasteiger partial charge in [-0.1, -0.05) is 58.3 Å². The number of esters is 1. The summed E-state index contributed by atoms with van der Waals surface area (Å²) < 4.78 is 10.1. The standard InChI is InChI=1S/C15H28O3/c1-3-4-5-6-7-8-9-10-11-12-14(16)18-15-13(2)17-15/h13,15H,3-12H2,1-2H3. The fourth-order valence-corrected chi connectivity index (χ4v) is 2.06. The Hall–Kier alpha value is -0.570. The van der Waals surface area contributed by atoms with Crippen molar-refractivity contribution >= 4 is 5.97 Å².